The second kappa shape index (κ2) is 14.8. The Morgan fingerprint density at radius 2 is 1.71 bits per heavy atom. The highest BCUT2D eigenvalue weighted by atomic mass is 16.6. The van der Waals surface area contributed by atoms with Gasteiger partial charge in [0, 0.05) is 24.4 Å². The number of non-ortho nitro benzene ring substituents is 1. The molecule has 1 fully saturated rings. The highest BCUT2D eigenvalue weighted by Gasteiger charge is 2.28. The van der Waals surface area contributed by atoms with E-state index in [1.54, 1.807) is 0 Å². The summed E-state index contributed by atoms with van der Waals surface area (Å²) in [5.41, 5.74) is 16.9. The largest absolute Gasteiger partial charge is 0.393 e. The number of carbonyl (C=O) groups excluding carboxylic acids is 3. The van der Waals surface area contributed by atoms with Gasteiger partial charge in [-0.25, -0.2) is 0 Å². The molecule has 210 valence electrons. The van der Waals surface area contributed by atoms with E-state index in [0.717, 1.165) is 12.8 Å². The minimum Gasteiger partial charge on any atom is -0.393 e. The minimum absolute atomic E-state index is 0.0991. The van der Waals surface area contributed by atoms with E-state index in [-0.39, 0.29) is 36.6 Å². The van der Waals surface area contributed by atoms with Gasteiger partial charge >= 0.3 is 0 Å². The average molecular weight is 535 g/mol. The number of benzene rings is 1. The molecule has 38 heavy (non-hydrogen) atoms. The Labute approximate surface area is 220 Å². The van der Waals surface area contributed by atoms with Gasteiger partial charge in [-0.1, -0.05) is 0 Å². The van der Waals surface area contributed by atoms with Gasteiger partial charge in [0.1, 0.15) is 12.1 Å². The molecule has 14 nitrogen and oxygen atoms in total. The normalized spacial score (nSPS) is 19.3. The van der Waals surface area contributed by atoms with Crippen LogP contribution in [0.1, 0.15) is 51.9 Å². The quantitative estimate of drug-likeness (QED) is 0.0584. The molecule has 1 aromatic carbocycles. The molecule has 10 N–H and O–H groups in total. The SMILES string of the molecule is CC(NC(=O)C(N)CC1CCC(O)CC1)C(=O)NC(CCCN=C(N)N)C(=O)Nc1ccc([N+](=O)[O-])cc1. The molecule has 1 aromatic rings. The molecule has 0 aromatic heterocycles. The summed E-state index contributed by atoms with van der Waals surface area (Å²) in [5, 5.41) is 28.3. The Morgan fingerprint density at radius 3 is 2.29 bits per heavy atom. The van der Waals surface area contributed by atoms with Gasteiger partial charge in [-0.2, -0.15) is 0 Å². The number of nitrogens with two attached hydrogens (primary N) is 3. The summed E-state index contributed by atoms with van der Waals surface area (Å²) < 4.78 is 0. The third-order valence-electron chi connectivity index (χ3n) is 6.42. The number of amides is 3. The first-order valence-corrected chi connectivity index (χ1v) is 12.6. The van der Waals surface area contributed by atoms with Crippen molar-refractivity contribution in [1.29, 1.82) is 0 Å². The van der Waals surface area contributed by atoms with Gasteiger partial charge < -0.3 is 38.3 Å². The molecule has 0 aliphatic heterocycles. The fourth-order valence-corrected chi connectivity index (χ4v) is 4.20. The lowest BCUT2D eigenvalue weighted by molar-refractivity contribution is -0.384. The number of aliphatic hydroxyl groups excluding tert-OH is 1. The number of nitrogens with one attached hydrogen (secondary N) is 3. The Hall–Kier alpha value is -3.78. The highest BCUT2D eigenvalue weighted by Crippen LogP contribution is 2.27. The molecule has 0 saturated heterocycles. The van der Waals surface area contributed by atoms with E-state index in [1.807, 2.05) is 0 Å². The molecule has 1 saturated carbocycles. The summed E-state index contributed by atoms with van der Waals surface area (Å²) in [5.74, 6) is -1.47. The maximum Gasteiger partial charge on any atom is 0.269 e. The smallest absolute Gasteiger partial charge is 0.269 e. The number of hydrogen-bond acceptors (Lipinski definition) is 8. The first-order valence-electron chi connectivity index (χ1n) is 12.6. The summed E-state index contributed by atoms with van der Waals surface area (Å²) in [7, 11) is 0. The van der Waals surface area contributed by atoms with Crippen LogP contribution in [0, 0.1) is 16.0 Å². The van der Waals surface area contributed by atoms with Crippen LogP contribution < -0.4 is 33.2 Å². The number of guanidine groups is 1. The fraction of sp³-hybridized carbons (Fsp3) is 0.583. The van der Waals surface area contributed by atoms with E-state index in [4.69, 9.17) is 17.2 Å². The molecule has 1 aliphatic carbocycles. The predicted molar refractivity (Wildman–Crippen MR) is 142 cm³/mol. The number of aliphatic imine (C=N–C) groups is 1. The number of carbonyl (C=O) groups is 3. The van der Waals surface area contributed by atoms with Gasteiger partial charge in [0.15, 0.2) is 5.96 Å². The van der Waals surface area contributed by atoms with Gasteiger partial charge in [-0.05, 0) is 69.9 Å². The standard InChI is InChI=1S/C24H38N8O6/c1-14(29-22(35)19(25)13-15-4-10-18(33)11-5-15)21(34)31-20(3-2-12-28-24(26)27)23(36)30-16-6-8-17(9-7-16)32(37)38/h6-9,14-15,18-20,33H,2-5,10-13,25H2,1H3,(H,29,35)(H,30,36)(H,31,34)(H4,26,27,28). The van der Waals surface area contributed by atoms with Crippen LogP contribution in [0.25, 0.3) is 0 Å². The van der Waals surface area contributed by atoms with Crippen molar-refractivity contribution >= 4 is 35.1 Å². The zero-order valence-corrected chi connectivity index (χ0v) is 21.5. The number of nitro groups is 1. The molecule has 2 rings (SSSR count). The molecule has 0 spiro atoms. The van der Waals surface area contributed by atoms with Crippen LogP contribution in [0.15, 0.2) is 29.3 Å². The Morgan fingerprint density at radius 1 is 1.08 bits per heavy atom. The molecule has 0 heterocycles. The first-order chi connectivity index (χ1) is 18.0. The maximum absolute atomic E-state index is 12.9. The van der Waals surface area contributed by atoms with E-state index < -0.39 is 40.8 Å². The molecule has 14 heteroatoms. The third kappa shape index (κ3) is 10.3. The summed E-state index contributed by atoms with van der Waals surface area (Å²) in [6, 6.07) is 2.50. The number of anilines is 1. The van der Waals surface area contributed by atoms with Crippen LogP contribution in [0.4, 0.5) is 11.4 Å². The molecule has 3 atom stereocenters. The lowest BCUT2D eigenvalue weighted by Gasteiger charge is -2.27. The van der Waals surface area contributed by atoms with Crippen molar-refractivity contribution in [2.45, 2.75) is 76.1 Å². The molecule has 0 radical (unpaired) electrons. The molecular weight excluding hydrogens is 496 g/mol. The van der Waals surface area contributed by atoms with Gasteiger partial charge in [0.25, 0.3) is 5.69 Å². The van der Waals surface area contributed by atoms with Crippen LogP contribution in [0.5, 0.6) is 0 Å². The van der Waals surface area contributed by atoms with E-state index in [9.17, 15) is 29.6 Å². The molecule has 1 aliphatic rings. The van der Waals surface area contributed by atoms with Crippen molar-refractivity contribution in [3.63, 3.8) is 0 Å². The van der Waals surface area contributed by atoms with Crippen LogP contribution in [-0.2, 0) is 14.4 Å². The lowest BCUT2D eigenvalue weighted by Crippen LogP contribution is -2.54. The predicted octanol–water partition coefficient (Wildman–Crippen LogP) is -0.155. The Balaban J connectivity index is 1.96. The van der Waals surface area contributed by atoms with Gasteiger partial charge in [-0.3, -0.25) is 29.5 Å². The molecule has 3 unspecified atom stereocenters. The van der Waals surface area contributed by atoms with Crippen molar-refractivity contribution in [3.8, 4) is 0 Å². The van der Waals surface area contributed by atoms with Crippen molar-refractivity contribution in [1.82, 2.24) is 10.6 Å². The maximum atomic E-state index is 12.9. The lowest BCUT2D eigenvalue weighted by atomic mass is 9.83. The summed E-state index contributed by atoms with van der Waals surface area (Å²) in [6.45, 7) is 1.72. The van der Waals surface area contributed by atoms with Gasteiger partial charge in [-0.15, -0.1) is 0 Å². The third-order valence-corrected chi connectivity index (χ3v) is 6.42. The topological polar surface area (TPSA) is 241 Å². The number of rotatable bonds is 13. The Bertz CT molecular complexity index is 990. The molecular formula is C24H38N8O6. The Kier molecular flexibility index (Phi) is 11.9. The number of nitro benzene ring substituents is 1. The van der Waals surface area contributed by atoms with Crippen molar-refractivity contribution in [2.24, 2.45) is 28.1 Å². The van der Waals surface area contributed by atoms with E-state index in [0.29, 0.717) is 31.4 Å². The van der Waals surface area contributed by atoms with Crippen molar-refractivity contribution in [3.05, 3.63) is 34.4 Å². The van der Waals surface area contributed by atoms with Crippen LogP contribution in [0.2, 0.25) is 0 Å². The second-order valence-electron chi connectivity index (χ2n) is 9.55. The summed E-state index contributed by atoms with van der Waals surface area (Å²) in [6.07, 6.45) is 3.68. The number of nitrogens with zero attached hydrogens (tertiary/aromatic N) is 2. The van der Waals surface area contributed by atoms with E-state index >= 15 is 0 Å². The molecule has 0 bridgehead atoms. The zero-order valence-electron chi connectivity index (χ0n) is 21.5. The fourth-order valence-electron chi connectivity index (χ4n) is 4.20. The van der Waals surface area contributed by atoms with Crippen LogP contribution in [-0.4, -0.2) is 64.5 Å². The summed E-state index contributed by atoms with van der Waals surface area (Å²) in [4.78, 5) is 52.5. The average Bonchev–Trinajstić information content (AvgIpc) is 2.87. The zero-order chi connectivity index (χ0) is 28.2. The van der Waals surface area contributed by atoms with Crippen molar-refractivity contribution in [2.75, 3.05) is 11.9 Å². The molecule has 3 amide bonds. The number of hydrogen-bond donors (Lipinski definition) is 7. The first kappa shape index (κ1) is 30.4. The number of aliphatic hydroxyl groups is 1. The van der Waals surface area contributed by atoms with Crippen molar-refractivity contribution < 1.29 is 24.4 Å². The monoisotopic (exact) mass is 534 g/mol. The van der Waals surface area contributed by atoms with Crippen LogP contribution >= 0.6 is 0 Å². The van der Waals surface area contributed by atoms with Gasteiger partial charge in [0.2, 0.25) is 17.7 Å². The van der Waals surface area contributed by atoms with Gasteiger partial charge in [0.05, 0.1) is 17.1 Å². The highest BCUT2D eigenvalue weighted by molar-refractivity contribution is 5.98. The summed E-state index contributed by atoms with van der Waals surface area (Å²) >= 11 is 0. The second-order valence-corrected chi connectivity index (χ2v) is 9.55. The van der Waals surface area contributed by atoms with E-state index in [2.05, 4.69) is 20.9 Å². The minimum atomic E-state index is -0.992. The van der Waals surface area contributed by atoms with Crippen LogP contribution in [0.3, 0.4) is 0 Å². The van der Waals surface area contributed by atoms with E-state index in [1.165, 1.54) is 31.2 Å².